The molecule has 0 amide bonds. The Morgan fingerprint density at radius 3 is 2.65 bits per heavy atom. The molecule has 0 atom stereocenters. The lowest BCUT2D eigenvalue weighted by Gasteiger charge is -2.09. The van der Waals surface area contributed by atoms with Gasteiger partial charge in [-0.05, 0) is 18.6 Å². The van der Waals surface area contributed by atoms with Gasteiger partial charge in [-0.3, -0.25) is 0 Å². The van der Waals surface area contributed by atoms with Gasteiger partial charge in [0.05, 0.1) is 5.75 Å². The number of halogens is 1. The number of anilines is 1. The number of rotatable bonds is 5. The van der Waals surface area contributed by atoms with E-state index in [0.29, 0.717) is 11.3 Å². The highest BCUT2D eigenvalue weighted by molar-refractivity contribution is 7.91. The van der Waals surface area contributed by atoms with E-state index >= 15 is 0 Å². The number of sulfone groups is 1. The summed E-state index contributed by atoms with van der Waals surface area (Å²) < 4.78 is 40.9. The first-order valence-electron chi connectivity index (χ1n) is 5.24. The molecule has 1 aromatic rings. The largest absolute Gasteiger partial charge is 0.489 e. The fraction of sp³-hybridized carbons (Fsp3) is 0.455. The van der Waals surface area contributed by atoms with Crippen LogP contribution in [0.3, 0.4) is 0 Å². The number of hydrogen-bond donors (Lipinski definition) is 1. The smallest absolute Gasteiger partial charge is 0.167 e. The van der Waals surface area contributed by atoms with Crippen LogP contribution in [-0.2, 0) is 9.84 Å². The number of ether oxygens (including phenoxy) is 1. The SMILES string of the molecule is CCS(=O)(=O)CCOc1cc(C)c(N)cc1F. The number of benzene rings is 1. The average molecular weight is 261 g/mol. The highest BCUT2D eigenvalue weighted by Crippen LogP contribution is 2.23. The van der Waals surface area contributed by atoms with E-state index in [1.165, 1.54) is 12.1 Å². The van der Waals surface area contributed by atoms with Gasteiger partial charge in [0.25, 0.3) is 0 Å². The van der Waals surface area contributed by atoms with Gasteiger partial charge in [-0.15, -0.1) is 0 Å². The summed E-state index contributed by atoms with van der Waals surface area (Å²) in [5, 5.41) is 0. The van der Waals surface area contributed by atoms with Crippen molar-refractivity contribution in [2.24, 2.45) is 0 Å². The van der Waals surface area contributed by atoms with E-state index in [1.54, 1.807) is 13.8 Å². The van der Waals surface area contributed by atoms with Crippen molar-refractivity contribution in [3.05, 3.63) is 23.5 Å². The molecule has 0 unspecified atom stereocenters. The molecule has 96 valence electrons. The van der Waals surface area contributed by atoms with Crippen LogP contribution in [0, 0.1) is 12.7 Å². The van der Waals surface area contributed by atoms with Crippen LogP contribution in [0.4, 0.5) is 10.1 Å². The van der Waals surface area contributed by atoms with Crippen molar-refractivity contribution < 1.29 is 17.5 Å². The van der Waals surface area contributed by atoms with Crippen molar-refractivity contribution in [3.8, 4) is 5.75 Å². The molecule has 0 heterocycles. The fourth-order valence-electron chi connectivity index (χ4n) is 1.20. The van der Waals surface area contributed by atoms with Crippen molar-refractivity contribution >= 4 is 15.5 Å². The zero-order valence-electron chi connectivity index (χ0n) is 9.86. The summed E-state index contributed by atoms with van der Waals surface area (Å²) >= 11 is 0. The van der Waals surface area contributed by atoms with E-state index < -0.39 is 15.7 Å². The van der Waals surface area contributed by atoms with E-state index in [9.17, 15) is 12.8 Å². The average Bonchev–Trinajstić information content (AvgIpc) is 2.25. The molecular weight excluding hydrogens is 245 g/mol. The van der Waals surface area contributed by atoms with E-state index in [0.717, 1.165) is 0 Å². The van der Waals surface area contributed by atoms with Crippen molar-refractivity contribution in [3.63, 3.8) is 0 Å². The molecule has 4 nitrogen and oxygen atoms in total. The van der Waals surface area contributed by atoms with Crippen LogP contribution >= 0.6 is 0 Å². The Labute approximate surface area is 101 Å². The molecule has 0 radical (unpaired) electrons. The fourth-order valence-corrected chi connectivity index (χ4v) is 1.83. The lowest BCUT2D eigenvalue weighted by atomic mass is 10.2. The summed E-state index contributed by atoms with van der Waals surface area (Å²) in [7, 11) is -3.09. The predicted octanol–water partition coefficient (Wildman–Crippen LogP) is 1.53. The van der Waals surface area contributed by atoms with Gasteiger partial charge >= 0.3 is 0 Å². The quantitative estimate of drug-likeness (QED) is 0.816. The minimum Gasteiger partial charge on any atom is -0.489 e. The van der Waals surface area contributed by atoms with Gasteiger partial charge in [-0.2, -0.15) is 0 Å². The molecule has 0 spiro atoms. The standard InChI is InChI=1S/C11H16FNO3S/c1-3-17(14,15)5-4-16-11-6-8(2)10(13)7-9(11)12/h6-7H,3-5,13H2,1-2H3. The van der Waals surface area contributed by atoms with E-state index in [1.807, 2.05) is 0 Å². The summed E-state index contributed by atoms with van der Waals surface area (Å²) in [6, 6.07) is 2.63. The third-order valence-corrected chi connectivity index (χ3v) is 4.08. The minimum atomic E-state index is -3.09. The topological polar surface area (TPSA) is 69.4 Å². The van der Waals surface area contributed by atoms with Crippen LogP contribution in [0.1, 0.15) is 12.5 Å². The molecule has 0 aliphatic heterocycles. The monoisotopic (exact) mass is 261 g/mol. The first-order valence-corrected chi connectivity index (χ1v) is 7.06. The summed E-state index contributed by atoms with van der Waals surface area (Å²) in [5.41, 5.74) is 6.56. The first-order chi connectivity index (χ1) is 7.85. The number of hydrogen-bond acceptors (Lipinski definition) is 4. The number of aryl methyl sites for hydroxylation is 1. The second-order valence-electron chi connectivity index (χ2n) is 3.72. The molecule has 0 aliphatic carbocycles. The molecule has 0 aliphatic rings. The minimum absolute atomic E-state index is 0.0306. The Kier molecular flexibility index (Phi) is 4.34. The summed E-state index contributed by atoms with van der Waals surface area (Å²) in [5.74, 6) is -0.614. The maximum atomic E-state index is 13.4. The summed E-state index contributed by atoms with van der Waals surface area (Å²) in [6.07, 6.45) is 0. The van der Waals surface area contributed by atoms with Crippen LogP contribution in [0.15, 0.2) is 12.1 Å². The van der Waals surface area contributed by atoms with Gasteiger partial charge in [-0.1, -0.05) is 6.92 Å². The van der Waals surface area contributed by atoms with E-state index in [4.69, 9.17) is 10.5 Å². The number of nitrogen functional groups attached to an aromatic ring is 1. The molecule has 0 saturated heterocycles. The van der Waals surface area contributed by atoms with Crippen molar-refractivity contribution in [2.45, 2.75) is 13.8 Å². The zero-order valence-corrected chi connectivity index (χ0v) is 10.7. The normalized spacial score (nSPS) is 11.5. The third-order valence-electron chi connectivity index (χ3n) is 2.41. The molecule has 1 rings (SSSR count). The van der Waals surface area contributed by atoms with Gasteiger partial charge in [0.2, 0.25) is 0 Å². The Morgan fingerprint density at radius 1 is 1.41 bits per heavy atom. The van der Waals surface area contributed by atoms with Crippen LogP contribution in [0.25, 0.3) is 0 Å². The van der Waals surface area contributed by atoms with E-state index in [-0.39, 0.29) is 23.9 Å². The summed E-state index contributed by atoms with van der Waals surface area (Å²) in [6.45, 7) is 3.23. The first kappa shape index (κ1) is 13.8. The Morgan fingerprint density at radius 2 is 2.06 bits per heavy atom. The van der Waals surface area contributed by atoms with Gasteiger partial charge in [-0.25, -0.2) is 12.8 Å². The molecule has 2 N–H and O–H groups in total. The Hall–Kier alpha value is -1.30. The third kappa shape index (κ3) is 3.89. The van der Waals surface area contributed by atoms with Crippen LogP contribution < -0.4 is 10.5 Å². The summed E-state index contributed by atoms with van der Waals surface area (Å²) in [4.78, 5) is 0. The second kappa shape index (κ2) is 5.35. The molecule has 17 heavy (non-hydrogen) atoms. The maximum absolute atomic E-state index is 13.4. The highest BCUT2D eigenvalue weighted by Gasteiger charge is 2.10. The van der Waals surface area contributed by atoms with Crippen LogP contribution in [-0.4, -0.2) is 26.5 Å². The lowest BCUT2D eigenvalue weighted by Crippen LogP contribution is -2.16. The molecule has 0 saturated carbocycles. The second-order valence-corrected chi connectivity index (χ2v) is 6.20. The van der Waals surface area contributed by atoms with E-state index in [2.05, 4.69) is 0 Å². The maximum Gasteiger partial charge on any atom is 0.167 e. The van der Waals surface area contributed by atoms with Crippen molar-refractivity contribution in [1.82, 2.24) is 0 Å². The zero-order chi connectivity index (χ0) is 13.1. The van der Waals surface area contributed by atoms with Gasteiger partial charge < -0.3 is 10.5 Å². The Balaban J connectivity index is 2.68. The number of nitrogens with two attached hydrogens (primary N) is 1. The predicted molar refractivity (Wildman–Crippen MR) is 65.4 cm³/mol. The van der Waals surface area contributed by atoms with Crippen molar-refractivity contribution in [1.29, 1.82) is 0 Å². The molecular formula is C11H16FNO3S. The molecule has 0 fully saturated rings. The Bertz CT molecular complexity index is 500. The molecule has 0 aromatic heterocycles. The lowest BCUT2D eigenvalue weighted by molar-refractivity contribution is 0.322. The molecule has 6 heteroatoms. The van der Waals surface area contributed by atoms with Gasteiger partial charge in [0.1, 0.15) is 6.61 Å². The van der Waals surface area contributed by atoms with Gasteiger partial charge in [0, 0.05) is 17.5 Å². The van der Waals surface area contributed by atoms with Crippen LogP contribution in [0.2, 0.25) is 0 Å². The van der Waals surface area contributed by atoms with Crippen molar-refractivity contribution in [2.75, 3.05) is 23.8 Å². The van der Waals surface area contributed by atoms with Gasteiger partial charge in [0.15, 0.2) is 21.4 Å². The van der Waals surface area contributed by atoms with Crippen LogP contribution in [0.5, 0.6) is 5.75 Å². The molecule has 0 bridgehead atoms. The highest BCUT2D eigenvalue weighted by atomic mass is 32.2. The molecule has 1 aromatic carbocycles.